The maximum Gasteiger partial charge on any atom is 0.115 e. The molecule has 3 nitrogen and oxygen atoms in total. The first-order chi connectivity index (χ1) is 11.7. The molecule has 0 aromatic heterocycles. The largest absolute Gasteiger partial charge is 0.508 e. The summed E-state index contributed by atoms with van der Waals surface area (Å²) in [4.78, 5) is 2.46. The van der Waals surface area contributed by atoms with Gasteiger partial charge in [-0.1, -0.05) is 42.5 Å². The Balaban J connectivity index is 1.41. The van der Waals surface area contributed by atoms with Gasteiger partial charge in [-0.3, -0.25) is 0 Å². The first kappa shape index (κ1) is 17.0. The van der Waals surface area contributed by atoms with E-state index in [1.165, 1.54) is 18.4 Å². The van der Waals surface area contributed by atoms with Crippen LogP contribution in [-0.4, -0.2) is 34.7 Å². The second-order valence-corrected chi connectivity index (χ2v) is 6.86. The van der Waals surface area contributed by atoms with Crippen LogP contribution in [0.1, 0.15) is 36.8 Å². The molecular weight excluding hydrogens is 298 g/mol. The summed E-state index contributed by atoms with van der Waals surface area (Å²) in [7, 11) is 0. The van der Waals surface area contributed by atoms with Gasteiger partial charge in [-0.25, -0.2) is 0 Å². The normalized spacial score (nSPS) is 17.7. The third-order valence-electron chi connectivity index (χ3n) is 5.12. The Hall–Kier alpha value is -1.84. The van der Waals surface area contributed by atoms with E-state index in [0.717, 1.165) is 44.5 Å². The first-order valence-electron chi connectivity index (χ1n) is 8.94. The second-order valence-electron chi connectivity index (χ2n) is 6.86. The first-order valence-corrected chi connectivity index (χ1v) is 8.94. The molecule has 2 N–H and O–H groups in total. The minimum absolute atomic E-state index is 0.248. The Labute approximate surface area is 144 Å². The van der Waals surface area contributed by atoms with Crippen molar-refractivity contribution in [2.75, 3.05) is 19.6 Å². The van der Waals surface area contributed by atoms with E-state index in [1.54, 1.807) is 12.1 Å². The van der Waals surface area contributed by atoms with Crippen LogP contribution in [0.15, 0.2) is 54.6 Å². The Kier molecular flexibility index (Phi) is 5.54. The highest BCUT2D eigenvalue weighted by molar-refractivity contribution is 5.30. The Morgan fingerprint density at radius 3 is 2.21 bits per heavy atom. The van der Waals surface area contributed by atoms with Crippen molar-refractivity contribution < 1.29 is 10.2 Å². The van der Waals surface area contributed by atoms with E-state index in [-0.39, 0.29) is 5.75 Å². The zero-order valence-corrected chi connectivity index (χ0v) is 14.2. The molecule has 3 heteroatoms. The molecule has 24 heavy (non-hydrogen) atoms. The van der Waals surface area contributed by atoms with Crippen LogP contribution in [0.2, 0.25) is 0 Å². The lowest BCUT2D eigenvalue weighted by Gasteiger charge is -2.38. The third-order valence-corrected chi connectivity index (χ3v) is 5.12. The molecule has 2 aromatic rings. The summed E-state index contributed by atoms with van der Waals surface area (Å²) in [5.41, 5.74) is 1.59. The van der Waals surface area contributed by atoms with Crippen LogP contribution in [0.4, 0.5) is 0 Å². The summed E-state index contributed by atoms with van der Waals surface area (Å²) in [6.45, 7) is 2.98. The topological polar surface area (TPSA) is 43.7 Å². The summed E-state index contributed by atoms with van der Waals surface area (Å²) in [6.07, 6.45) is 5.08. The number of aromatic hydroxyl groups is 1. The quantitative estimate of drug-likeness (QED) is 0.796. The molecule has 0 atom stereocenters. The number of aryl methyl sites for hydroxylation is 1. The highest BCUT2D eigenvalue weighted by atomic mass is 16.3. The van der Waals surface area contributed by atoms with Gasteiger partial charge in [0.15, 0.2) is 0 Å². The van der Waals surface area contributed by atoms with Gasteiger partial charge in [-0.2, -0.15) is 0 Å². The van der Waals surface area contributed by atoms with Crippen molar-refractivity contribution in [3.05, 3.63) is 65.7 Å². The molecule has 128 valence electrons. The number of rotatable bonds is 6. The van der Waals surface area contributed by atoms with Crippen molar-refractivity contribution in [3.63, 3.8) is 0 Å². The monoisotopic (exact) mass is 325 g/mol. The van der Waals surface area contributed by atoms with Crippen LogP contribution < -0.4 is 0 Å². The predicted octanol–water partition coefficient (Wildman–Crippen LogP) is 3.70. The van der Waals surface area contributed by atoms with Crippen molar-refractivity contribution in [3.8, 4) is 5.75 Å². The molecule has 0 bridgehead atoms. The maximum atomic E-state index is 10.9. The van der Waals surface area contributed by atoms with Crippen LogP contribution in [0, 0.1) is 0 Å². The van der Waals surface area contributed by atoms with Gasteiger partial charge in [0.1, 0.15) is 5.75 Å². The number of benzene rings is 2. The summed E-state index contributed by atoms with van der Waals surface area (Å²) in [5.74, 6) is 0.248. The van der Waals surface area contributed by atoms with Crippen LogP contribution in [0.25, 0.3) is 0 Å². The van der Waals surface area contributed by atoms with E-state index >= 15 is 0 Å². The van der Waals surface area contributed by atoms with E-state index in [0.29, 0.717) is 0 Å². The standard InChI is InChI=1S/C21H27NO2/c23-20-11-9-19(10-12-20)21(24)13-16-22(17-14-21)15-5-4-8-18-6-2-1-3-7-18/h1-3,6-7,9-12,23-24H,4-5,8,13-17H2. The lowest BCUT2D eigenvalue weighted by molar-refractivity contribution is -0.0260. The zero-order chi connectivity index (χ0) is 16.8. The molecule has 0 spiro atoms. The van der Waals surface area contributed by atoms with Crippen molar-refractivity contribution in [2.45, 2.75) is 37.7 Å². The van der Waals surface area contributed by atoms with Gasteiger partial charge in [0.05, 0.1) is 5.60 Å². The van der Waals surface area contributed by atoms with E-state index in [1.807, 2.05) is 12.1 Å². The molecule has 1 saturated heterocycles. The smallest absolute Gasteiger partial charge is 0.115 e. The third kappa shape index (κ3) is 4.37. The highest BCUT2D eigenvalue weighted by Gasteiger charge is 2.33. The Morgan fingerprint density at radius 2 is 1.54 bits per heavy atom. The lowest BCUT2D eigenvalue weighted by Crippen LogP contribution is -2.42. The molecule has 0 aliphatic carbocycles. The minimum atomic E-state index is -0.742. The second kappa shape index (κ2) is 7.82. The molecule has 0 amide bonds. The van der Waals surface area contributed by atoms with Gasteiger partial charge in [-0.05, 0) is 61.9 Å². The van der Waals surface area contributed by atoms with E-state index in [2.05, 4.69) is 35.2 Å². The highest BCUT2D eigenvalue weighted by Crippen LogP contribution is 2.33. The fourth-order valence-corrected chi connectivity index (χ4v) is 3.52. The number of hydrogen-bond acceptors (Lipinski definition) is 3. The molecule has 1 heterocycles. The SMILES string of the molecule is Oc1ccc(C2(O)CCN(CCCCc3ccccc3)CC2)cc1. The summed E-state index contributed by atoms with van der Waals surface area (Å²) in [5, 5.41) is 20.3. The average molecular weight is 325 g/mol. The zero-order valence-electron chi connectivity index (χ0n) is 14.2. The van der Waals surface area contributed by atoms with Gasteiger partial charge in [-0.15, -0.1) is 0 Å². The van der Waals surface area contributed by atoms with E-state index < -0.39 is 5.60 Å². The molecule has 0 radical (unpaired) electrons. The number of unbranched alkanes of at least 4 members (excludes halogenated alkanes) is 1. The summed E-state index contributed by atoms with van der Waals surface area (Å²) < 4.78 is 0. The van der Waals surface area contributed by atoms with Crippen molar-refractivity contribution in [1.29, 1.82) is 0 Å². The molecular formula is C21H27NO2. The molecule has 1 aliphatic heterocycles. The Bertz CT molecular complexity index is 616. The van der Waals surface area contributed by atoms with Gasteiger partial charge < -0.3 is 15.1 Å². The molecule has 0 saturated carbocycles. The molecule has 2 aromatic carbocycles. The van der Waals surface area contributed by atoms with Crippen LogP contribution >= 0.6 is 0 Å². The number of likely N-dealkylation sites (tertiary alicyclic amines) is 1. The Morgan fingerprint density at radius 1 is 0.875 bits per heavy atom. The molecule has 0 unspecified atom stereocenters. The van der Waals surface area contributed by atoms with Gasteiger partial charge in [0.2, 0.25) is 0 Å². The summed E-state index contributed by atoms with van der Waals surface area (Å²) >= 11 is 0. The molecule has 1 aliphatic rings. The average Bonchev–Trinajstić information content (AvgIpc) is 2.62. The fourth-order valence-electron chi connectivity index (χ4n) is 3.52. The minimum Gasteiger partial charge on any atom is -0.508 e. The van der Waals surface area contributed by atoms with Gasteiger partial charge in [0, 0.05) is 13.1 Å². The van der Waals surface area contributed by atoms with Crippen molar-refractivity contribution in [2.24, 2.45) is 0 Å². The number of phenolic OH excluding ortho intramolecular Hbond substituents is 1. The predicted molar refractivity (Wildman–Crippen MR) is 97.1 cm³/mol. The van der Waals surface area contributed by atoms with E-state index in [4.69, 9.17) is 0 Å². The number of piperidine rings is 1. The number of phenols is 1. The number of hydrogen-bond donors (Lipinski definition) is 2. The van der Waals surface area contributed by atoms with Gasteiger partial charge >= 0.3 is 0 Å². The molecule has 1 fully saturated rings. The maximum absolute atomic E-state index is 10.9. The van der Waals surface area contributed by atoms with Crippen LogP contribution in [-0.2, 0) is 12.0 Å². The number of nitrogens with zero attached hydrogens (tertiary/aromatic N) is 1. The van der Waals surface area contributed by atoms with Crippen LogP contribution in [0.5, 0.6) is 5.75 Å². The fraction of sp³-hybridized carbons (Fsp3) is 0.429. The van der Waals surface area contributed by atoms with Crippen molar-refractivity contribution >= 4 is 0 Å². The number of aliphatic hydroxyl groups is 1. The van der Waals surface area contributed by atoms with E-state index in [9.17, 15) is 10.2 Å². The van der Waals surface area contributed by atoms with Crippen molar-refractivity contribution in [1.82, 2.24) is 4.90 Å². The van der Waals surface area contributed by atoms with Gasteiger partial charge in [0.25, 0.3) is 0 Å². The molecule has 3 rings (SSSR count). The van der Waals surface area contributed by atoms with Crippen LogP contribution in [0.3, 0.4) is 0 Å². The summed E-state index contributed by atoms with van der Waals surface area (Å²) in [6, 6.07) is 17.6. The lowest BCUT2D eigenvalue weighted by atomic mass is 9.84.